The zero-order chi connectivity index (χ0) is 16.4. The summed E-state index contributed by atoms with van der Waals surface area (Å²) in [6.45, 7) is 0. The second kappa shape index (κ2) is 6.08. The van der Waals surface area contributed by atoms with E-state index in [9.17, 15) is 0 Å². The van der Waals surface area contributed by atoms with Crippen molar-refractivity contribution in [3.63, 3.8) is 0 Å². The van der Waals surface area contributed by atoms with Crippen LogP contribution in [0.15, 0.2) is 66.9 Å². The number of pyridine rings is 1. The topological polar surface area (TPSA) is 102 Å². The molecule has 0 saturated heterocycles. The fourth-order valence-corrected chi connectivity index (χ4v) is 2.60. The average Bonchev–Trinajstić information content (AvgIpc) is 2.52. The maximum absolute atomic E-state index is 8.60. The summed E-state index contributed by atoms with van der Waals surface area (Å²) in [6, 6.07) is 21.1. The Kier molecular flexibility index (Phi) is 4.12. The summed E-state index contributed by atoms with van der Waals surface area (Å²) in [6.07, 6.45) is 1.96. The van der Waals surface area contributed by atoms with Crippen molar-refractivity contribution in [3.8, 4) is 0 Å². The third-order valence-electron chi connectivity index (χ3n) is 3.48. The minimum Gasteiger partial charge on any atom is -0.255 e. The van der Waals surface area contributed by atoms with Crippen molar-refractivity contribution in [2.75, 3.05) is 0 Å². The molecule has 0 amide bonds. The predicted octanol–water partition coefficient (Wildman–Crippen LogP) is 0.417. The summed E-state index contributed by atoms with van der Waals surface area (Å²) in [5, 5.41) is 6.16. The largest absolute Gasteiger partial charge is 0.255 e. The third kappa shape index (κ3) is 3.56. The third-order valence-corrected chi connectivity index (χ3v) is 3.48. The van der Waals surface area contributed by atoms with Gasteiger partial charge in [-0.2, -0.15) is 14.0 Å². The lowest BCUT2D eigenvalue weighted by Crippen LogP contribution is -2.58. The first-order valence-electron chi connectivity index (χ1n) is 6.72. The average molecular weight is 330 g/mol. The van der Waals surface area contributed by atoms with Crippen LogP contribution in [0.5, 0.6) is 0 Å². The molecule has 0 atom stereocenters. The first-order chi connectivity index (χ1) is 10.9. The van der Waals surface area contributed by atoms with Crippen molar-refractivity contribution in [1.82, 2.24) is 4.98 Å². The number of nitrogens with zero attached hydrogens (tertiary/aromatic N) is 1. The minimum absolute atomic E-state index is 1.09. The quantitative estimate of drug-likeness (QED) is 0.471. The highest BCUT2D eigenvalue weighted by Crippen LogP contribution is 2.28. The van der Waals surface area contributed by atoms with E-state index in [1.54, 1.807) is 0 Å². The molecular weight excluding hydrogens is 318 g/mol. The van der Waals surface area contributed by atoms with Crippen LogP contribution in [0.2, 0.25) is 0 Å². The SMILES string of the molecule is [O-][Cl+3]([O-])([O-])O.c1ccc2c(c1)cnc1c3ccccc3ccc21. The Hall–Kier alpha value is -2.28. The van der Waals surface area contributed by atoms with Crippen molar-refractivity contribution in [2.24, 2.45) is 0 Å². The van der Waals surface area contributed by atoms with E-state index in [0.29, 0.717) is 0 Å². The number of fused-ring (bicyclic) bond motifs is 5. The Morgan fingerprint density at radius 1 is 0.696 bits per heavy atom. The summed E-state index contributed by atoms with van der Waals surface area (Å²) >= 11 is 0. The molecule has 0 fully saturated rings. The van der Waals surface area contributed by atoms with Crippen LogP contribution in [0.1, 0.15) is 0 Å². The first kappa shape index (κ1) is 15.6. The molecule has 6 heteroatoms. The Balaban J connectivity index is 0.000000276. The van der Waals surface area contributed by atoms with Crippen LogP contribution in [0.3, 0.4) is 0 Å². The van der Waals surface area contributed by atoms with Gasteiger partial charge >= 0.3 is 0 Å². The Morgan fingerprint density at radius 2 is 1.26 bits per heavy atom. The molecule has 0 aliphatic carbocycles. The van der Waals surface area contributed by atoms with Crippen molar-refractivity contribution < 1.29 is 28.9 Å². The number of rotatable bonds is 0. The molecule has 4 aromatic rings. The molecule has 3 aromatic carbocycles. The molecule has 116 valence electrons. The summed E-state index contributed by atoms with van der Waals surface area (Å²) in [5.74, 6) is 0. The molecule has 0 saturated carbocycles. The highest BCUT2D eigenvalue weighted by molar-refractivity contribution is 6.14. The molecule has 0 radical (unpaired) electrons. The van der Waals surface area contributed by atoms with Crippen molar-refractivity contribution >= 4 is 32.4 Å². The molecule has 1 heterocycles. The lowest BCUT2D eigenvalue weighted by molar-refractivity contribution is -1.92. The van der Waals surface area contributed by atoms with Crippen molar-refractivity contribution in [2.45, 2.75) is 0 Å². The molecule has 5 nitrogen and oxygen atoms in total. The number of halogens is 1. The Labute approximate surface area is 133 Å². The summed E-state index contributed by atoms with van der Waals surface area (Å²) < 4.78 is 32.7. The van der Waals surface area contributed by atoms with Gasteiger partial charge < -0.3 is 0 Å². The zero-order valence-corrected chi connectivity index (χ0v) is 12.6. The lowest BCUT2D eigenvalue weighted by atomic mass is 10.0. The van der Waals surface area contributed by atoms with Gasteiger partial charge in [0.15, 0.2) is 0 Å². The monoisotopic (exact) mass is 329 g/mol. The highest BCUT2D eigenvalue weighted by atomic mass is 35.7. The normalized spacial score (nSPS) is 11.5. The van der Waals surface area contributed by atoms with Gasteiger partial charge in [0, 0.05) is 22.4 Å². The van der Waals surface area contributed by atoms with Gasteiger partial charge in [0.05, 0.1) is 20.4 Å². The maximum Gasteiger partial charge on any atom is 0.0786 e. The number of benzene rings is 3. The number of hydrogen-bond donors (Lipinski definition) is 1. The first-order valence-corrected chi connectivity index (χ1v) is 7.98. The molecule has 1 N–H and O–H groups in total. The van der Waals surface area contributed by atoms with Gasteiger partial charge in [0.25, 0.3) is 0 Å². The van der Waals surface area contributed by atoms with Crippen LogP contribution in [0.4, 0.5) is 0 Å². The van der Waals surface area contributed by atoms with Crippen molar-refractivity contribution in [3.05, 3.63) is 66.9 Å². The molecule has 0 spiro atoms. The van der Waals surface area contributed by atoms with Gasteiger partial charge in [0.1, 0.15) is 0 Å². The van der Waals surface area contributed by atoms with Gasteiger partial charge in [-0.3, -0.25) is 4.98 Å². The second-order valence-electron chi connectivity index (χ2n) is 4.92. The van der Waals surface area contributed by atoms with Crippen LogP contribution < -0.4 is 14.0 Å². The van der Waals surface area contributed by atoms with Gasteiger partial charge in [-0.1, -0.05) is 60.7 Å². The van der Waals surface area contributed by atoms with Crippen LogP contribution in [-0.4, -0.2) is 9.64 Å². The van der Waals surface area contributed by atoms with Crippen LogP contribution in [-0.2, 0) is 0 Å². The second-order valence-corrected chi connectivity index (χ2v) is 5.72. The lowest BCUT2D eigenvalue weighted by Gasteiger charge is -2.06. The molecule has 4 rings (SSSR count). The molecule has 0 aliphatic heterocycles. The zero-order valence-electron chi connectivity index (χ0n) is 11.8. The fourth-order valence-electron chi connectivity index (χ4n) is 2.60. The van der Waals surface area contributed by atoms with E-state index in [0.717, 1.165) is 5.52 Å². The Morgan fingerprint density at radius 3 is 1.96 bits per heavy atom. The Bertz CT molecular complexity index is 901. The van der Waals surface area contributed by atoms with Gasteiger partial charge in [-0.25, -0.2) is 0 Å². The molecule has 23 heavy (non-hydrogen) atoms. The van der Waals surface area contributed by atoms with E-state index in [1.165, 1.54) is 26.9 Å². The van der Waals surface area contributed by atoms with Gasteiger partial charge in [0.2, 0.25) is 0 Å². The minimum atomic E-state index is -4.69. The number of aromatic nitrogens is 1. The van der Waals surface area contributed by atoms with E-state index in [2.05, 4.69) is 65.6 Å². The molecule has 0 unspecified atom stereocenters. The molecule has 0 bridgehead atoms. The van der Waals surface area contributed by atoms with E-state index in [1.807, 2.05) is 6.20 Å². The predicted molar refractivity (Wildman–Crippen MR) is 79.0 cm³/mol. The molecular formula is C17H12ClNO4. The summed E-state index contributed by atoms with van der Waals surface area (Å²) in [5.41, 5.74) is 1.09. The van der Waals surface area contributed by atoms with Crippen LogP contribution in [0, 0.1) is 10.2 Å². The van der Waals surface area contributed by atoms with E-state index < -0.39 is 10.2 Å². The van der Waals surface area contributed by atoms with Crippen LogP contribution in [0.25, 0.3) is 32.4 Å². The maximum atomic E-state index is 8.60. The molecule has 0 aliphatic rings. The van der Waals surface area contributed by atoms with Crippen LogP contribution >= 0.6 is 0 Å². The smallest absolute Gasteiger partial charge is 0.0786 e. The summed E-state index contributed by atoms with van der Waals surface area (Å²) in [4.78, 5) is 4.64. The fraction of sp³-hybridized carbons (Fsp3) is 0. The van der Waals surface area contributed by atoms with Crippen molar-refractivity contribution in [1.29, 1.82) is 0 Å². The number of hydrogen-bond acceptors (Lipinski definition) is 5. The van der Waals surface area contributed by atoms with Gasteiger partial charge in [-0.15, -0.1) is 0 Å². The van der Waals surface area contributed by atoms with E-state index in [-0.39, 0.29) is 0 Å². The standard InChI is InChI=1S/C17H11N.ClHO4/c1-4-8-15-12(5-1)9-10-16-14-7-3-2-6-13(14)11-18-17(15)16;2-1(3,4)5/h1-11H;(H,2,3,4,5). The highest BCUT2D eigenvalue weighted by Gasteiger charge is 2.04. The van der Waals surface area contributed by atoms with Gasteiger partial charge in [-0.05, 0) is 10.8 Å². The molecule has 1 aromatic heterocycles. The van der Waals surface area contributed by atoms with E-state index in [4.69, 9.17) is 18.6 Å². The van der Waals surface area contributed by atoms with E-state index >= 15 is 0 Å². The summed E-state index contributed by atoms with van der Waals surface area (Å²) in [7, 11) is -4.69.